The molecule has 2 aliphatic heterocycles. The number of carbonyl (C=O) groups is 2. The van der Waals surface area contributed by atoms with Gasteiger partial charge < -0.3 is 40.1 Å². The van der Waals surface area contributed by atoms with Crippen molar-refractivity contribution >= 4 is 11.7 Å². The Kier molecular flexibility index (Phi) is 9.84. The number of carbonyl (C=O) groups excluding carboxylic acids is 2. The number of rotatable bonds is 14. The van der Waals surface area contributed by atoms with Crippen LogP contribution in [0.3, 0.4) is 0 Å². The topological polar surface area (TPSA) is 149 Å². The number of Topliss-reactive ketones (excluding diaryl/α,β-unsaturated/α-hetero) is 1. The molecule has 5 rings (SSSR count). The lowest BCUT2D eigenvalue weighted by Gasteiger charge is -2.50. The van der Waals surface area contributed by atoms with Gasteiger partial charge >= 0.3 is 0 Å². The average Bonchev–Trinajstić information content (AvgIpc) is 3.67. The van der Waals surface area contributed by atoms with Crippen molar-refractivity contribution in [3.05, 3.63) is 70.3 Å². The Balaban J connectivity index is 1.18. The molecule has 2 saturated heterocycles. The number of nitrogens with one attached hydrogen (secondary N) is 1. The maximum Gasteiger partial charge on any atom is 0.226 e. The van der Waals surface area contributed by atoms with Crippen molar-refractivity contribution in [1.82, 2.24) is 10.2 Å². The van der Waals surface area contributed by atoms with Crippen molar-refractivity contribution in [3.8, 4) is 0 Å². The molecule has 1 saturated carbocycles. The zero-order chi connectivity index (χ0) is 33.5. The smallest absolute Gasteiger partial charge is 0.226 e. The van der Waals surface area contributed by atoms with Crippen LogP contribution >= 0.6 is 0 Å². The van der Waals surface area contributed by atoms with Crippen molar-refractivity contribution < 1.29 is 39.5 Å². The van der Waals surface area contributed by atoms with Crippen molar-refractivity contribution in [3.63, 3.8) is 0 Å². The van der Waals surface area contributed by atoms with Gasteiger partial charge in [-0.2, -0.15) is 0 Å². The molecular weight excluding hydrogens is 588 g/mol. The highest BCUT2D eigenvalue weighted by molar-refractivity contribution is 5.91. The summed E-state index contributed by atoms with van der Waals surface area (Å²) in [6.07, 6.45) is -0.239. The fraction of sp³-hybridized carbons (Fsp3) is 0.611. The summed E-state index contributed by atoms with van der Waals surface area (Å²) in [5.41, 5.74) is 1.05. The third-order valence-corrected chi connectivity index (χ3v) is 10.2. The van der Waals surface area contributed by atoms with Gasteiger partial charge in [0.2, 0.25) is 11.7 Å². The lowest BCUT2D eigenvalue weighted by Crippen LogP contribution is -2.70. The van der Waals surface area contributed by atoms with Crippen LogP contribution in [0.25, 0.3) is 0 Å². The molecule has 3 aliphatic rings. The fourth-order valence-corrected chi connectivity index (χ4v) is 6.78. The lowest BCUT2D eigenvalue weighted by atomic mass is 9.75. The van der Waals surface area contributed by atoms with E-state index in [9.17, 15) is 30.0 Å². The van der Waals surface area contributed by atoms with E-state index in [-0.39, 0.29) is 18.3 Å². The van der Waals surface area contributed by atoms with Gasteiger partial charge in [-0.1, -0.05) is 36.4 Å². The van der Waals surface area contributed by atoms with Crippen LogP contribution < -0.4 is 5.32 Å². The molecule has 0 spiro atoms. The Morgan fingerprint density at radius 2 is 1.70 bits per heavy atom. The van der Waals surface area contributed by atoms with Gasteiger partial charge in [-0.3, -0.25) is 9.59 Å². The molecule has 2 heterocycles. The zero-order valence-electron chi connectivity index (χ0n) is 27.7. The van der Waals surface area contributed by atoms with E-state index in [0.29, 0.717) is 31.4 Å². The summed E-state index contributed by atoms with van der Waals surface area (Å²) in [6.45, 7) is 6.14. The molecule has 10 nitrogen and oxygen atoms in total. The van der Waals surface area contributed by atoms with Crippen LogP contribution in [0.5, 0.6) is 0 Å². The van der Waals surface area contributed by atoms with Crippen LogP contribution in [0, 0.1) is 12.3 Å². The van der Waals surface area contributed by atoms with E-state index in [2.05, 4.69) is 29.6 Å². The van der Waals surface area contributed by atoms with Crippen LogP contribution in [0.4, 0.5) is 0 Å². The quantitative estimate of drug-likeness (QED) is 0.210. The van der Waals surface area contributed by atoms with Crippen molar-refractivity contribution in [2.45, 2.75) is 101 Å². The van der Waals surface area contributed by atoms with Gasteiger partial charge in [0.15, 0.2) is 5.60 Å². The number of hydrogen-bond donors (Lipinski definition) is 5. The Morgan fingerprint density at radius 3 is 2.33 bits per heavy atom. The highest BCUT2D eigenvalue weighted by atomic mass is 16.8. The molecule has 2 bridgehead atoms. The summed E-state index contributed by atoms with van der Waals surface area (Å²) in [5.74, 6) is -1.58. The third-order valence-electron chi connectivity index (χ3n) is 10.2. The SMILES string of the molecule is Cc1ccc([C@]23OC[C@](C(C)(C)O)(O2)[C@@H](O)[C@H](O)[C@H]3O)cc1Cc1ccc(CCCC(=O)CC2(C(=O)NCCN(C)C)CC2)cc1. The molecule has 0 unspecified atom stereocenters. The van der Waals surface area contributed by atoms with E-state index in [0.717, 1.165) is 54.5 Å². The minimum absolute atomic E-state index is 0.00975. The summed E-state index contributed by atoms with van der Waals surface area (Å²) < 4.78 is 12.2. The van der Waals surface area contributed by atoms with E-state index >= 15 is 0 Å². The molecule has 5 N–H and O–H groups in total. The van der Waals surface area contributed by atoms with Crippen LogP contribution in [0.1, 0.15) is 73.8 Å². The number of aryl methyl sites for hydroxylation is 2. The number of ether oxygens (including phenoxy) is 2. The minimum atomic E-state index is -1.74. The predicted molar refractivity (Wildman–Crippen MR) is 172 cm³/mol. The first kappa shape index (κ1) is 34.6. The average molecular weight is 639 g/mol. The van der Waals surface area contributed by atoms with Crippen molar-refractivity contribution in [2.75, 3.05) is 33.8 Å². The normalized spacial score (nSPS) is 28.3. The second kappa shape index (κ2) is 13.1. The molecule has 252 valence electrons. The second-order valence-corrected chi connectivity index (χ2v) is 14.4. The van der Waals surface area contributed by atoms with Gasteiger partial charge in [-0.15, -0.1) is 0 Å². The Hall–Kier alpha value is -2.70. The summed E-state index contributed by atoms with van der Waals surface area (Å²) in [5, 5.41) is 46.5. The summed E-state index contributed by atoms with van der Waals surface area (Å²) in [4.78, 5) is 27.3. The molecule has 1 amide bonds. The second-order valence-electron chi connectivity index (χ2n) is 14.4. The van der Waals surface area contributed by atoms with Crippen molar-refractivity contribution in [2.24, 2.45) is 5.41 Å². The first-order valence-corrected chi connectivity index (χ1v) is 16.4. The number of aliphatic hydroxyl groups excluding tert-OH is 3. The molecule has 3 fully saturated rings. The molecule has 5 atom stereocenters. The van der Waals surface area contributed by atoms with Crippen LogP contribution in [-0.2, 0) is 37.7 Å². The highest BCUT2D eigenvalue weighted by Gasteiger charge is 2.71. The van der Waals surface area contributed by atoms with E-state index < -0.39 is 40.7 Å². The molecule has 2 aromatic rings. The summed E-state index contributed by atoms with van der Waals surface area (Å²) in [6, 6.07) is 13.8. The number of amides is 1. The number of nitrogens with zero attached hydrogens (tertiary/aromatic N) is 1. The predicted octanol–water partition coefficient (Wildman–Crippen LogP) is 2.13. The Morgan fingerprint density at radius 1 is 1.02 bits per heavy atom. The molecular formula is C36H50N2O8. The zero-order valence-corrected chi connectivity index (χ0v) is 27.7. The van der Waals surface area contributed by atoms with E-state index in [1.807, 2.05) is 38.1 Å². The molecule has 1 aliphatic carbocycles. The summed E-state index contributed by atoms with van der Waals surface area (Å²) in [7, 11) is 3.93. The van der Waals surface area contributed by atoms with E-state index in [1.165, 1.54) is 13.8 Å². The first-order valence-electron chi connectivity index (χ1n) is 16.4. The standard InChI is InChI=1S/C36H50N2O8/c1-23-9-14-27(36-31(42)29(40)30(41)35(46-36,22-45-36)33(2,3)44)20-26(23)19-25-12-10-24(11-13-25)7-6-8-28(39)21-34(15-16-34)32(43)37-17-18-38(4)5/h9-14,20,29-31,40-42,44H,6-8,15-19,21-22H2,1-5H3,(H,37,43)/t29-,30-,31+,35-,36-/m0/s1. The monoisotopic (exact) mass is 638 g/mol. The number of fused-ring (bicyclic) bond motifs is 2. The minimum Gasteiger partial charge on any atom is -0.387 e. The van der Waals surface area contributed by atoms with Gasteiger partial charge in [-0.05, 0) is 95.3 Å². The molecule has 0 radical (unpaired) electrons. The number of benzene rings is 2. The largest absolute Gasteiger partial charge is 0.387 e. The van der Waals surface area contributed by atoms with Crippen molar-refractivity contribution in [1.29, 1.82) is 0 Å². The first-order chi connectivity index (χ1) is 21.6. The Labute approximate surface area is 271 Å². The Bertz CT molecular complexity index is 1420. The van der Waals surface area contributed by atoms with Gasteiger partial charge in [0.05, 0.1) is 17.6 Å². The maximum atomic E-state index is 12.7. The number of aliphatic hydroxyl groups is 4. The van der Waals surface area contributed by atoms with Gasteiger partial charge in [-0.25, -0.2) is 0 Å². The van der Waals surface area contributed by atoms with Crippen LogP contribution in [0.2, 0.25) is 0 Å². The highest BCUT2D eigenvalue weighted by Crippen LogP contribution is 2.53. The number of hydrogen-bond acceptors (Lipinski definition) is 9. The van der Waals surface area contributed by atoms with Gasteiger partial charge in [0.25, 0.3) is 0 Å². The summed E-state index contributed by atoms with van der Waals surface area (Å²) >= 11 is 0. The van der Waals surface area contributed by atoms with E-state index in [1.54, 1.807) is 6.07 Å². The molecule has 46 heavy (non-hydrogen) atoms. The van der Waals surface area contributed by atoms with E-state index in [4.69, 9.17) is 9.47 Å². The number of likely N-dealkylation sites (N-methyl/N-ethyl adjacent to an activating group) is 1. The van der Waals surface area contributed by atoms with Gasteiger partial charge in [0.1, 0.15) is 24.1 Å². The van der Waals surface area contributed by atoms with Gasteiger partial charge in [0, 0.05) is 31.5 Å². The lowest BCUT2D eigenvalue weighted by molar-refractivity contribution is -0.348. The maximum absolute atomic E-state index is 12.7. The van der Waals surface area contributed by atoms with Crippen LogP contribution in [-0.4, -0.2) is 100 Å². The number of ketones is 1. The third kappa shape index (κ3) is 6.67. The van der Waals surface area contributed by atoms with Crippen LogP contribution in [0.15, 0.2) is 42.5 Å². The molecule has 2 aromatic carbocycles. The fourth-order valence-electron chi connectivity index (χ4n) is 6.78. The molecule has 0 aromatic heterocycles. The molecule has 10 heteroatoms.